The molecule has 2 saturated heterocycles. The second-order valence-electron chi connectivity index (χ2n) is 12.7. The Kier molecular flexibility index (Phi) is 11.7. The molecule has 2 aromatic rings. The van der Waals surface area contributed by atoms with Crippen molar-refractivity contribution in [3.63, 3.8) is 0 Å². The summed E-state index contributed by atoms with van der Waals surface area (Å²) in [4.78, 5) is 32.5. The maximum Gasteiger partial charge on any atom is 0.414 e. The lowest BCUT2D eigenvalue weighted by molar-refractivity contribution is -0.136. The molecule has 0 aromatic heterocycles. The van der Waals surface area contributed by atoms with Crippen LogP contribution in [-0.2, 0) is 40.2 Å². The van der Waals surface area contributed by atoms with Gasteiger partial charge in [-0.3, -0.25) is 9.74 Å². The summed E-state index contributed by atoms with van der Waals surface area (Å²) in [5, 5.41) is 14.2. The van der Waals surface area contributed by atoms with Crippen LogP contribution in [0, 0.1) is 5.92 Å². The van der Waals surface area contributed by atoms with E-state index >= 15 is 0 Å². The van der Waals surface area contributed by atoms with Gasteiger partial charge in [0, 0.05) is 12.7 Å². The molecular formula is C32H45N3O10S. The number of anilines is 1. The molecule has 0 saturated carbocycles. The number of sulfonamides is 1. The fourth-order valence-corrected chi connectivity index (χ4v) is 6.53. The molecule has 2 aliphatic rings. The monoisotopic (exact) mass is 663 g/mol. The van der Waals surface area contributed by atoms with Gasteiger partial charge >= 0.3 is 12.2 Å². The highest BCUT2D eigenvalue weighted by molar-refractivity contribution is 7.89. The number of carbonyl (C=O) groups excluding carboxylic acids is 2. The number of hydrogen-bond acceptors (Lipinski definition) is 10. The van der Waals surface area contributed by atoms with Crippen molar-refractivity contribution < 1.29 is 46.9 Å². The first-order valence-electron chi connectivity index (χ1n) is 15.3. The van der Waals surface area contributed by atoms with E-state index in [1.165, 1.54) is 30.1 Å². The molecule has 14 heteroatoms. The van der Waals surface area contributed by atoms with Crippen LogP contribution in [0.4, 0.5) is 15.3 Å². The molecule has 0 spiro atoms. The van der Waals surface area contributed by atoms with E-state index < -0.39 is 65.0 Å². The Morgan fingerprint density at radius 2 is 1.80 bits per heavy atom. The minimum Gasteiger partial charge on any atom is -0.443 e. The number of hydrogen-bond donors (Lipinski definition) is 2. The number of amides is 2. The van der Waals surface area contributed by atoms with Crippen LogP contribution in [0.15, 0.2) is 59.5 Å². The van der Waals surface area contributed by atoms with Gasteiger partial charge in [0.1, 0.15) is 11.7 Å². The van der Waals surface area contributed by atoms with E-state index in [4.69, 9.17) is 23.8 Å². The van der Waals surface area contributed by atoms with Crippen LogP contribution in [0.3, 0.4) is 0 Å². The molecule has 0 bridgehead atoms. The number of rotatable bonds is 12. The average molecular weight is 664 g/mol. The zero-order chi connectivity index (χ0) is 33.6. The maximum absolute atomic E-state index is 13.9. The summed E-state index contributed by atoms with van der Waals surface area (Å²) < 4.78 is 50.7. The number of aliphatic hydroxyl groups is 1. The zero-order valence-electron chi connectivity index (χ0n) is 27.1. The SMILES string of the molecule is CC(C)ON(CC(O)C(Cc1ccccc1)NC(=O)OC1COC2OCCC12)S(=O)(=O)c1cccc(N(C)C(=O)OC(C)(C)C)c1. The van der Waals surface area contributed by atoms with E-state index in [0.29, 0.717) is 17.5 Å². The van der Waals surface area contributed by atoms with Crippen molar-refractivity contribution in [3.8, 4) is 0 Å². The summed E-state index contributed by atoms with van der Waals surface area (Å²) in [7, 11) is -2.90. The van der Waals surface area contributed by atoms with Crippen molar-refractivity contribution in [1.82, 2.24) is 9.79 Å². The molecule has 5 unspecified atom stereocenters. The maximum atomic E-state index is 13.9. The van der Waals surface area contributed by atoms with Crippen molar-refractivity contribution in [2.75, 3.05) is 31.7 Å². The molecule has 2 fully saturated rings. The molecule has 2 N–H and O–H groups in total. The smallest absolute Gasteiger partial charge is 0.414 e. The van der Waals surface area contributed by atoms with Crippen LogP contribution in [0.5, 0.6) is 0 Å². The largest absolute Gasteiger partial charge is 0.443 e. The molecule has 254 valence electrons. The third kappa shape index (κ3) is 9.39. The molecule has 13 nitrogen and oxygen atoms in total. The Bertz CT molecular complexity index is 1430. The van der Waals surface area contributed by atoms with E-state index in [1.54, 1.807) is 40.7 Å². The zero-order valence-corrected chi connectivity index (χ0v) is 27.9. The fraction of sp³-hybridized carbons (Fsp3) is 0.562. The van der Waals surface area contributed by atoms with Crippen LogP contribution < -0.4 is 10.2 Å². The number of alkyl carbamates (subject to hydrolysis) is 1. The van der Waals surface area contributed by atoms with Crippen molar-refractivity contribution in [2.24, 2.45) is 5.92 Å². The highest BCUT2D eigenvalue weighted by atomic mass is 32.2. The number of fused-ring (bicyclic) bond motifs is 1. The van der Waals surface area contributed by atoms with E-state index in [-0.39, 0.29) is 29.5 Å². The number of carbonyl (C=O) groups is 2. The Morgan fingerprint density at radius 1 is 1.09 bits per heavy atom. The lowest BCUT2D eigenvalue weighted by Crippen LogP contribution is -2.51. The minimum absolute atomic E-state index is 0.0755. The van der Waals surface area contributed by atoms with Gasteiger partial charge in [0.15, 0.2) is 6.29 Å². The third-order valence-corrected chi connectivity index (χ3v) is 9.03. The van der Waals surface area contributed by atoms with Gasteiger partial charge in [-0.1, -0.05) is 40.9 Å². The first-order chi connectivity index (χ1) is 21.6. The van der Waals surface area contributed by atoms with E-state index in [9.17, 15) is 23.1 Å². The minimum atomic E-state index is -4.37. The highest BCUT2D eigenvalue weighted by Crippen LogP contribution is 2.33. The second kappa shape index (κ2) is 15.1. The number of benzene rings is 2. The first kappa shape index (κ1) is 35.6. The highest BCUT2D eigenvalue weighted by Gasteiger charge is 2.44. The van der Waals surface area contributed by atoms with Gasteiger partial charge in [-0.2, -0.15) is 0 Å². The van der Waals surface area contributed by atoms with Gasteiger partial charge in [0.25, 0.3) is 10.0 Å². The number of nitrogens with one attached hydrogen (secondary N) is 1. The lowest BCUT2D eigenvalue weighted by Gasteiger charge is -2.30. The van der Waals surface area contributed by atoms with Crippen molar-refractivity contribution in [2.45, 2.75) is 88.6 Å². The molecule has 0 aliphatic carbocycles. The quantitative estimate of drug-likeness (QED) is 0.320. The number of hydroxylamine groups is 1. The standard InChI is InChI=1S/C32H45N3O10S/c1-21(2)45-35(46(39,40)24-14-10-13-23(18-24)34(6)31(38)44-32(3,4)5)19-27(36)26(17-22-11-8-7-9-12-22)33-30(37)43-28-20-42-29-25(28)15-16-41-29/h7-14,18,21,25-29,36H,15-17,19-20H2,1-6H3,(H,33,37). The number of nitrogens with zero attached hydrogens (tertiary/aromatic N) is 2. The Morgan fingerprint density at radius 3 is 2.48 bits per heavy atom. The average Bonchev–Trinajstić information content (AvgIpc) is 3.61. The van der Waals surface area contributed by atoms with Gasteiger partial charge in [-0.25, -0.2) is 18.0 Å². The lowest BCUT2D eigenvalue weighted by atomic mass is 10.0. The summed E-state index contributed by atoms with van der Waals surface area (Å²) in [5.41, 5.74) is 0.331. The van der Waals surface area contributed by atoms with Crippen LogP contribution in [0.2, 0.25) is 0 Å². The summed E-state index contributed by atoms with van der Waals surface area (Å²) in [5.74, 6) is -0.0755. The molecule has 5 atom stereocenters. The van der Waals surface area contributed by atoms with Crippen molar-refractivity contribution in [3.05, 3.63) is 60.2 Å². The Balaban J connectivity index is 1.54. The number of aliphatic hydroxyl groups excluding tert-OH is 1. The van der Waals surface area contributed by atoms with E-state index in [0.717, 1.165) is 5.56 Å². The van der Waals surface area contributed by atoms with E-state index in [1.807, 2.05) is 30.3 Å². The predicted molar refractivity (Wildman–Crippen MR) is 168 cm³/mol. The normalized spacial score (nSPS) is 21.1. The van der Waals surface area contributed by atoms with Gasteiger partial charge in [0.05, 0.1) is 48.8 Å². The van der Waals surface area contributed by atoms with Crippen molar-refractivity contribution >= 4 is 27.9 Å². The van der Waals surface area contributed by atoms with Crippen LogP contribution in [0.1, 0.15) is 46.6 Å². The summed E-state index contributed by atoms with van der Waals surface area (Å²) in [6, 6.07) is 14.0. The predicted octanol–water partition coefficient (Wildman–Crippen LogP) is 3.85. The molecule has 4 rings (SSSR count). The van der Waals surface area contributed by atoms with Crippen molar-refractivity contribution in [1.29, 1.82) is 0 Å². The van der Waals surface area contributed by atoms with Gasteiger partial charge in [-0.15, -0.1) is 0 Å². The van der Waals surface area contributed by atoms with Gasteiger partial charge in [0.2, 0.25) is 0 Å². The second-order valence-corrected chi connectivity index (χ2v) is 14.5. The molecule has 2 aromatic carbocycles. The van der Waals surface area contributed by atoms with Crippen LogP contribution in [0.25, 0.3) is 0 Å². The van der Waals surface area contributed by atoms with E-state index in [2.05, 4.69) is 5.32 Å². The fourth-order valence-electron chi connectivity index (χ4n) is 5.14. The summed E-state index contributed by atoms with van der Waals surface area (Å²) >= 11 is 0. The molecule has 2 aliphatic heterocycles. The molecule has 2 amide bonds. The molecular weight excluding hydrogens is 618 g/mol. The van der Waals surface area contributed by atoms with Crippen LogP contribution >= 0.6 is 0 Å². The topological polar surface area (TPSA) is 153 Å². The third-order valence-electron chi connectivity index (χ3n) is 7.41. The molecule has 46 heavy (non-hydrogen) atoms. The van der Waals surface area contributed by atoms with Gasteiger partial charge < -0.3 is 29.4 Å². The Hall–Kier alpha value is -3.27. The summed E-state index contributed by atoms with van der Waals surface area (Å²) in [6.07, 6.45) is -3.45. The van der Waals surface area contributed by atoms with Crippen LogP contribution in [-0.4, -0.2) is 93.2 Å². The van der Waals surface area contributed by atoms with Gasteiger partial charge in [-0.05, 0) is 71.2 Å². The first-order valence-corrected chi connectivity index (χ1v) is 16.8. The Labute approximate surface area is 270 Å². The summed E-state index contributed by atoms with van der Waals surface area (Å²) in [6.45, 7) is 8.70. The molecule has 2 heterocycles. The number of ether oxygens (including phenoxy) is 4. The molecule has 0 radical (unpaired) electrons.